The van der Waals surface area contributed by atoms with E-state index in [0.717, 1.165) is 16.7 Å². The topological polar surface area (TPSA) is 13.1 Å². The van der Waals surface area contributed by atoms with E-state index >= 15 is 0 Å². The minimum absolute atomic E-state index is 0.947. The number of benzene rings is 4. The molecule has 0 fully saturated rings. The molecule has 0 amide bonds. The lowest BCUT2D eigenvalue weighted by Crippen LogP contribution is -2.01. The van der Waals surface area contributed by atoms with Gasteiger partial charge in [0.2, 0.25) is 0 Å². The highest BCUT2D eigenvalue weighted by molar-refractivity contribution is 6.41. The Labute approximate surface area is 153 Å². The number of furan rings is 1. The molecule has 1 aromatic heterocycles. The largest absolute Gasteiger partial charge is 0.455 e. The van der Waals surface area contributed by atoms with Crippen molar-refractivity contribution in [3.8, 4) is 22.3 Å². The molecule has 0 aliphatic carbocycles. The molecule has 5 aromatic rings. The Morgan fingerprint density at radius 2 is 1.31 bits per heavy atom. The highest BCUT2D eigenvalue weighted by Crippen LogP contribution is 2.38. The normalized spacial score (nSPS) is 11.2. The average molecular weight is 332 g/mol. The van der Waals surface area contributed by atoms with Crippen LogP contribution in [-0.4, -0.2) is 7.85 Å². The second-order valence-electron chi connectivity index (χ2n) is 6.68. The van der Waals surface area contributed by atoms with Crippen molar-refractivity contribution in [2.24, 2.45) is 0 Å². The Balaban J connectivity index is 1.93. The first-order valence-corrected chi connectivity index (χ1v) is 8.88. The molecule has 0 aliphatic heterocycles. The zero-order chi connectivity index (χ0) is 17.5. The van der Waals surface area contributed by atoms with Gasteiger partial charge in [0.1, 0.15) is 19.0 Å². The first kappa shape index (κ1) is 15.0. The Bertz CT molecular complexity index is 1220. The zero-order valence-electron chi connectivity index (χ0n) is 14.6. The molecular formula is C24H17BO. The molecule has 26 heavy (non-hydrogen) atoms. The standard InChI is InChI=1S/C24H17BO/c25-21-12-7-13-22-23(21)20-15-18(16-8-3-1-4-9-16)14-19(24(20)26-22)17-10-5-2-6-11-17/h1-15H,25H2. The minimum atomic E-state index is 0.947. The maximum atomic E-state index is 6.31. The van der Waals surface area contributed by atoms with Crippen LogP contribution >= 0.6 is 0 Å². The molecule has 0 aliphatic rings. The lowest BCUT2D eigenvalue weighted by atomic mass is 9.89. The van der Waals surface area contributed by atoms with E-state index in [4.69, 9.17) is 4.42 Å². The molecule has 0 radical (unpaired) electrons. The Morgan fingerprint density at radius 3 is 2.04 bits per heavy atom. The molecular weight excluding hydrogens is 315 g/mol. The van der Waals surface area contributed by atoms with Gasteiger partial charge in [0.15, 0.2) is 0 Å². The van der Waals surface area contributed by atoms with Crippen molar-refractivity contribution in [1.29, 1.82) is 0 Å². The first-order chi connectivity index (χ1) is 12.8. The van der Waals surface area contributed by atoms with Gasteiger partial charge in [-0.25, -0.2) is 0 Å². The molecule has 5 rings (SSSR count). The maximum Gasteiger partial charge on any atom is 0.143 e. The van der Waals surface area contributed by atoms with Crippen molar-refractivity contribution >= 4 is 35.2 Å². The summed E-state index contributed by atoms with van der Waals surface area (Å²) in [5.41, 5.74) is 7.88. The highest BCUT2D eigenvalue weighted by atomic mass is 16.3. The third-order valence-electron chi connectivity index (χ3n) is 5.00. The fraction of sp³-hybridized carbons (Fsp3) is 0. The van der Waals surface area contributed by atoms with Crippen LogP contribution in [0.3, 0.4) is 0 Å². The summed E-state index contributed by atoms with van der Waals surface area (Å²) in [7, 11) is 2.15. The summed E-state index contributed by atoms with van der Waals surface area (Å²) in [6, 6.07) is 31.8. The number of fused-ring (bicyclic) bond motifs is 3. The molecule has 0 unspecified atom stereocenters. The van der Waals surface area contributed by atoms with Crippen molar-refractivity contribution < 1.29 is 4.42 Å². The van der Waals surface area contributed by atoms with E-state index in [2.05, 4.69) is 92.8 Å². The summed E-state index contributed by atoms with van der Waals surface area (Å²) < 4.78 is 6.31. The van der Waals surface area contributed by atoms with Crippen molar-refractivity contribution in [2.75, 3.05) is 0 Å². The highest BCUT2D eigenvalue weighted by Gasteiger charge is 2.15. The Kier molecular flexibility index (Phi) is 3.43. The number of hydrogen-bond donors (Lipinski definition) is 0. The molecule has 0 saturated heterocycles. The van der Waals surface area contributed by atoms with Crippen LogP contribution in [0.1, 0.15) is 0 Å². The van der Waals surface area contributed by atoms with Gasteiger partial charge in [-0.3, -0.25) is 0 Å². The molecule has 0 saturated carbocycles. The molecule has 0 atom stereocenters. The smallest absolute Gasteiger partial charge is 0.143 e. The third kappa shape index (κ3) is 2.34. The zero-order valence-corrected chi connectivity index (χ0v) is 14.6. The van der Waals surface area contributed by atoms with Gasteiger partial charge in [-0.05, 0) is 34.9 Å². The SMILES string of the molecule is Bc1cccc2oc3c(-c4ccccc4)cc(-c4ccccc4)cc3c12. The van der Waals surface area contributed by atoms with Crippen LogP contribution in [0.25, 0.3) is 44.2 Å². The van der Waals surface area contributed by atoms with Crippen LogP contribution in [0.2, 0.25) is 0 Å². The van der Waals surface area contributed by atoms with Crippen LogP contribution < -0.4 is 5.46 Å². The summed E-state index contributed by atoms with van der Waals surface area (Å²) in [6.07, 6.45) is 0. The molecule has 0 spiro atoms. The van der Waals surface area contributed by atoms with Crippen molar-refractivity contribution in [3.05, 3.63) is 91.0 Å². The lowest BCUT2D eigenvalue weighted by molar-refractivity contribution is 0.670. The Hall–Kier alpha value is -3.26. The van der Waals surface area contributed by atoms with Gasteiger partial charge >= 0.3 is 0 Å². The van der Waals surface area contributed by atoms with E-state index in [0.29, 0.717) is 0 Å². The molecule has 1 nitrogen and oxygen atoms in total. The van der Waals surface area contributed by atoms with Crippen molar-refractivity contribution in [3.63, 3.8) is 0 Å². The molecule has 4 aromatic carbocycles. The fourth-order valence-electron chi connectivity index (χ4n) is 3.73. The predicted octanol–water partition coefficient (Wildman–Crippen LogP) is 5.18. The number of hydrogen-bond acceptors (Lipinski definition) is 1. The molecule has 2 heteroatoms. The summed E-state index contributed by atoms with van der Waals surface area (Å²) in [5.74, 6) is 0. The van der Waals surface area contributed by atoms with E-state index in [1.807, 2.05) is 6.07 Å². The monoisotopic (exact) mass is 332 g/mol. The van der Waals surface area contributed by atoms with Crippen LogP contribution in [0.5, 0.6) is 0 Å². The second-order valence-corrected chi connectivity index (χ2v) is 6.68. The van der Waals surface area contributed by atoms with Gasteiger partial charge in [0, 0.05) is 16.3 Å². The van der Waals surface area contributed by atoms with Gasteiger partial charge in [-0.2, -0.15) is 0 Å². The molecule has 122 valence electrons. The Morgan fingerprint density at radius 1 is 0.615 bits per heavy atom. The second kappa shape index (κ2) is 5.92. The van der Waals surface area contributed by atoms with Crippen LogP contribution in [0, 0.1) is 0 Å². The fourth-order valence-corrected chi connectivity index (χ4v) is 3.73. The van der Waals surface area contributed by atoms with Crippen LogP contribution in [0.15, 0.2) is 95.4 Å². The van der Waals surface area contributed by atoms with Gasteiger partial charge in [0.05, 0.1) is 0 Å². The van der Waals surface area contributed by atoms with E-state index in [1.54, 1.807) is 0 Å². The van der Waals surface area contributed by atoms with Gasteiger partial charge < -0.3 is 4.42 Å². The van der Waals surface area contributed by atoms with E-state index in [-0.39, 0.29) is 0 Å². The van der Waals surface area contributed by atoms with Crippen LogP contribution in [-0.2, 0) is 0 Å². The van der Waals surface area contributed by atoms with E-state index in [9.17, 15) is 0 Å². The van der Waals surface area contributed by atoms with Crippen LogP contribution in [0.4, 0.5) is 0 Å². The maximum absolute atomic E-state index is 6.31. The summed E-state index contributed by atoms with van der Waals surface area (Å²) in [6.45, 7) is 0. The van der Waals surface area contributed by atoms with Gasteiger partial charge in [0.25, 0.3) is 0 Å². The lowest BCUT2D eigenvalue weighted by Gasteiger charge is -2.08. The predicted molar refractivity (Wildman–Crippen MR) is 113 cm³/mol. The summed E-state index contributed by atoms with van der Waals surface area (Å²) in [5, 5.41) is 2.38. The van der Waals surface area contributed by atoms with Crippen molar-refractivity contribution in [1.82, 2.24) is 0 Å². The quantitative estimate of drug-likeness (QED) is 0.406. The summed E-state index contributed by atoms with van der Waals surface area (Å²) in [4.78, 5) is 0. The molecule has 0 bridgehead atoms. The molecule has 0 N–H and O–H groups in total. The average Bonchev–Trinajstić information content (AvgIpc) is 3.08. The van der Waals surface area contributed by atoms with E-state index < -0.39 is 0 Å². The van der Waals surface area contributed by atoms with Crippen molar-refractivity contribution in [2.45, 2.75) is 0 Å². The van der Waals surface area contributed by atoms with Gasteiger partial charge in [-0.15, -0.1) is 0 Å². The third-order valence-corrected chi connectivity index (χ3v) is 5.00. The summed E-state index contributed by atoms with van der Waals surface area (Å²) >= 11 is 0. The van der Waals surface area contributed by atoms with E-state index in [1.165, 1.54) is 32.9 Å². The first-order valence-electron chi connectivity index (χ1n) is 8.88. The minimum Gasteiger partial charge on any atom is -0.455 e. The molecule has 1 heterocycles. The van der Waals surface area contributed by atoms with Gasteiger partial charge in [-0.1, -0.05) is 78.3 Å². The number of rotatable bonds is 2.